The van der Waals surface area contributed by atoms with Gasteiger partial charge in [0.2, 0.25) is 0 Å². The molecule has 1 rings (SSSR count). The Bertz CT molecular complexity index is 137. The van der Waals surface area contributed by atoms with E-state index in [0.717, 1.165) is 12.2 Å². The summed E-state index contributed by atoms with van der Waals surface area (Å²) in [6.45, 7) is 7.10. The van der Waals surface area contributed by atoms with Crippen LogP contribution in [0.25, 0.3) is 0 Å². The molecule has 0 radical (unpaired) electrons. The highest BCUT2D eigenvalue weighted by Gasteiger charge is 2.39. The van der Waals surface area contributed by atoms with E-state index in [-0.39, 0.29) is 0 Å². The molecule has 0 aromatic heterocycles. The Balaban J connectivity index is 2.24. The van der Waals surface area contributed by atoms with Crippen LogP contribution in [0.4, 0.5) is 0 Å². The Labute approximate surface area is 63.8 Å². The zero-order chi connectivity index (χ0) is 7.78. The summed E-state index contributed by atoms with van der Waals surface area (Å²) in [6, 6.07) is 1.34. The minimum absolute atomic E-state index is 0.437. The summed E-state index contributed by atoms with van der Waals surface area (Å²) >= 11 is 0. The lowest BCUT2D eigenvalue weighted by atomic mass is 10.4. The van der Waals surface area contributed by atoms with Crippen molar-refractivity contribution < 1.29 is 4.79 Å². The largest absolute Gasteiger partial charge is 0.303 e. The van der Waals surface area contributed by atoms with Crippen LogP contribution in [0.2, 0.25) is 25.7 Å². The summed E-state index contributed by atoms with van der Waals surface area (Å²) in [7, 11) is -0.875. The molecule has 0 aliphatic heterocycles. The molecule has 2 heteroatoms. The van der Waals surface area contributed by atoms with Crippen LogP contribution in [-0.2, 0) is 4.79 Å². The molecule has 0 bridgehead atoms. The molecule has 0 amide bonds. The van der Waals surface area contributed by atoms with Crippen LogP contribution in [0.15, 0.2) is 0 Å². The zero-order valence-corrected chi connectivity index (χ0v) is 8.05. The zero-order valence-electron chi connectivity index (χ0n) is 7.05. The Morgan fingerprint density at radius 1 is 1.50 bits per heavy atom. The summed E-state index contributed by atoms with van der Waals surface area (Å²) in [5, 5.41) is 0. The first kappa shape index (κ1) is 7.99. The van der Waals surface area contributed by atoms with Crippen molar-refractivity contribution in [2.45, 2.75) is 32.1 Å². The van der Waals surface area contributed by atoms with Gasteiger partial charge in [0.25, 0.3) is 0 Å². The normalized spacial score (nSPS) is 31.9. The summed E-state index contributed by atoms with van der Waals surface area (Å²) in [4.78, 5) is 10.3. The molecule has 1 fully saturated rings. The van der Waals surface area contributed by atoms with Gasteiger partial charge in [-0.3, -0.25) is 0 Å². The molecule has 0 unspecified atom stereocenters. The van der Waals surface area contributed by atoms with E-state index in [1.165, 1.54) is 12.5 Å². The van der Waals surface area contributed by atoms with Gasteiger partial charge in [-0.2, -0.15) is 0 Å². The number of aldehydes is 1. The Morgan fingerprint density at radius 2 is 2.10 bits per heavy atom. The van der Waals surface area contributed by atoms with Gasteiger partial charge in [0.1, 0.15) is 6.29 Å². The quantitative estimate of drug-likeness (QED) is 0.452. The fraction of sp³-hybridized carbons (Fsp3) is 0.875. The Hall–Kier alpha value is -0.113. The van der Waals surface area contributed by atoms with Crippen LogP contribution < -0.4 is 0 Å². The fourth-order valence-electron chi connectivity index (χ4n) is 1.46. The highest BCUT2D eigenvalue weighted by atomic mass is 28.3. The van der Waals surface area contributed by atoms with E-state index in [4.69, 9.17) is 0 Å². The average Bonchev–Trinajstić information content (AvgIpc) is 2.42. The number of carbonyl (C=O) groups is 1. The minimum atomic E-state index is -0.875. The third-order valence-electron chi connectivity index (χ3n) is 2.03. The molecule has 2 atom stereocenters. The van der Waals surface area contributed by atoms with E-state index in [1.54, 1.807) is 0 Å². The number of hydrogen-bond acceptors (Lipinski definition) is 1. The predicted molar refractivity (Wildman–Crippen MR) is 45.8 cm³/mol. The maximum Gasteiger partial charge on any atom is 0.123 e. The van der Waals surface area contributed by atoms with Crippen molar-refractivity contribution >= 4 is 14.4 Å². The first-order valence-electron chi connectivity index (χ1n) is 3.98. The second kappa shape index (κ2) is 2.49. The monoisotopic (exact) mass is 156 g/mol. The molecular weight excluding hydrogens is 140 g/mol. The molecule has 0 heterocycles. The van der Waals surface area contributed by atoms with Crippen molar-refractivity contribution in [1.29, 1.82) is 0 Å². The molecule has 1 aliphatic rings. The smallest absolute Gasteiger partial charge is 0.123 e. The van der Waals surface area contributed by atoms with E-state index in [0.29, 0.717) is 5.92 Å². The lowest BCUT2D eigenvalue weighted by Crippen LogP contribution is -2.20. The average molecular weight is 156 g/mol. The molecule has 1 saturated carbocycles. The van der Waals surface area contributed by atoms with Crippen LogP contribution in [0.1, 0.15) is 6.42 Å². The summed E-state index contributed by atoms with van der Waals surface area (Å²) in [5.74, 6) is 1.20. The number of rotatable bonds is 3. The van der Waals surface area contributed by atoms with Gasteiger partial charge in [0.05, 0.1) is 0 Å². The Morgan fingerprint density at radius 3 is 2.40 bits per heavy atom. The summed E-state index contributed by atoms with van der Waals surface area (Å²) in [6.07, 6.45) is 2.30. The van der Waals surface area contributed by atoms with Gasteiger partial charge in [-0.1, -0.05) is 25.7 Å². The van der Waals surface area contributed by atoms with Gasteiger partial charge in [-0.25, -0.2) is 0 Å². The van der Waals surface area contributed by atoms with Gasteiger partial charge < -0.3 is 4.79 Å². The van der Waals surface area contributed by atoms with Gasteiger partial charge in [0.15, 0.2) is 0 Å². The molecular formula is C8H16OSi. The van der Waals surface area contributed by atoms with Crippen LogP contribution in [0.5, 0.6) is 0 Å². The van der Waals surface area contributed by atoms with Crippen LogP contribution in [0.3, 0.4) is 0 Å². The maximum absolute atomic E-state index is 10.3. The van der Waals surface area contributed by atoms with E-state index < -0.39 is 8.07 Å². The molecule has 10 heavy (non-hydrogen) atoms. The van der Waals surface area contributed by atoms with Crippen molar-refractivity contribution in [3.05, 3.63) is 0 Å². The van der Waals surface area contributed by atoms with Gasteiger partial charge in [-0.05, 0) is 12.3 Å². The van der Waals surface area contributed by atoms with Crippen molar-refractivity contribution in [1.82, 2.24) is 0 Å². The number of carbonyl (C=O) groups excluding carboxylic acids is 1. The highest BCUT2D eigenvalue weighted by Crippen LogP contribution is 2.42. The highest BCUT2D eigenvalue weighted by molar-refractivity contribution is 6.76. The van der Waals surface area contributed by atoms with E-state index in [2.05, 4.69) is 19.6 Å². The van der Waals surface area contributed by atoms with Gasteiger partial charge in [-0.15, -0.1) is 0 Å². The van der Waals surface area contributed by atoms with Crippen LogP contribution in [0, 0.1) is 11.8 Å². The molecule has 0 aromatic carbocycles. The number of hydrogen-bond donors (Lipinski definition) is 0. The first-order valence-corrected chi connectivity index (χ1v) is 7.69. The van der Waals surface area contributed by atoms with E-state index in [9.17, 15) is 4.79 Å². The minimum Gasteiger partial charge on any atom is -0.303 e. The van der Waals surface area contributed by atoms with Gasteiger partial charge >= 0.3 is 0 Å². The maximum atomic E-state index is 10.3. The molecule has 0 saturated heterocycles. The molecule has 0 N–H and O–H groups in total. The second-order valence-corrected chi connectivity index (χ2v) is 10.1. The topological polar surface area (TPSA) is 17.1 Å². The Kier molecular flexibility index (Phi) is 1.99. The molecule has 0 spiro atoms. The lowest BCUT2D eigenvalue weighted by molar-refractivity contribution is -0.109. The summed E-state index contributed by atoms with van der Waals surface area (Å²) < 4.78 is 0. The molecule has 1 nitrogen and oxygen atoms in total. The predicted octanol–water partition coefficient (Wildman–Crippen LogP) is 2.16. The molecule has 0 aromatic rings. The van der Waals surface area contributed by atoms with E-state index in [1.807, 2.05) is 0 Å². The van der Waals surface area contributed by atoms with Crippen molar-refractivity contribution in [3.8, 4) is 0 Å². The van der Waals surface area contributed by atoms with Crippen molar-refractivity contribution in [2.24, 2.45) is 11.8 Å². The molecule has 58 valence electrons. The lowest BCUT2D eigenvalue weighted by Gasteiger charge is -2.14. The molecule has 1 aliphatic carbocycles. The standard InChI is InChI=1S/C8H16OSi/c1-10(2,3)6-8-4-7(8)5-9/h5,7-8H,4,6H2,1-3H3/t7-,8-/m0/s1. The first-order chi connectivity index (χ1) is 4.53. The third kappa shape index (κ3) is 2.25. The van der Waals surface area contributed by atoms with Crippen LogP contribution >= 0.6 is 0 Å². The fourth-order valence-corrected chi connectivity index (χ4v) is 3.50. The van der Waals surface area contributed by atoms with Crippen molar-refractivity contribution in [3.63, 3.8) is 0 Å². The van der Waals surface area contributed by atoms with Crippen molar-refractivity contribution in [2.75, 3.05) is 0 Å². The second-order valence-electron chi connectivity index (χ2n) is 4.56. The van der Waals surface area contributed by atoms with E-state index >= 15 is 0 Å². The summed E-state index contributed by atoms with van der Waals surface area (Å²) in [5.41, 5.74) is 0. The van der Waals surface area contributed by atoms with Crippen LogP contribution in [-0.4, -0.2) is 14.4 Å². The SMILES string of the molecule is C[Si](C)(C)C[C@@H]1C[C@H]1C=O. The third-order valence-corrected chi connectivity index (χ3v) is 3.78. The van der Waals surface area contributed by atoms with Gasteiger partial charge in [0, 0.05) is 14.0 Å².